The molecule has 1 aliphatic heterocycles. The second-order valence-corrected chi connectivity index (χ2v) is 10.8. The predicted octanol–water partition coefficient (Wildman–Crippen LogP) is 2.90. The molecule has 0 unspecified atom stereocenters. The van der Waals surface area contributed by atoms with Gasteiger partial charge < -0.3 is 10.2 Å². The molecule has 1 aliphatic rings. The maximum absolute atomic E-state index is 12.7. The summed E-state index contributed by atoms with van der Waals surface area (Å²) in [4.78, 5) is 18.8. The van der Waals surface area contributed by atoms with Gasteiger partial charge in [-0.2, -0.15) is 0 Å². The summed E-state index contributed by atoms with van der Waals surface area (Å²) in [5.74, 6) is 0.954. The first kappa shape index (κ1) is 24.4. The number of carbonyl (C=O) groups excluding carboxylic acids is 1. The fourth-order valence-corrected chi connectivity index (χ4v) is 5.22. The van der Waals surface area contributed by atoms with Crippen LogP contribution in [0.4, 0.5) is 0 Å². The van der Waals surface area contributed by atoms with Crippen molar-refractivity contribution >= 4 is 37.7 Å². The number of aliphatic imine (C=N–C) groups is 1. The van der Waals surface area contributed by atoms with Crippen molar-refractivity contribution in [1.29, 1.82) is 0 Å². The zero-order chi connectivity index (χ0) is 23.1. The monoisotopic (exact) mass is 520 g/mol. The highest BCUT2D eigenvalue weighted by Gasteiger charge is 2.21. The van der Waals surface area contributed by atoms with Gasteiger partial charge >= 0.3 is 0 Å². The van der Waals surface area contributed by atoms with E-state index < -0.39 is 10.0 Å². The first-order chi connectivity index (χ1) is 15.3. The van der Waals surface area contributed by atoms with Crippen molar-refractivity contribution in [1.82, 2.24) is 14.5 Å². The van der Waals surface area contributed by atoms with Gasteiger partial charge in [0, 0.05) is 50.2 Å². The van der Waals surface area contributed by atoms with Gasteiger partial charge in [0.25, 0.3) is 0 Å². The van der Waals surface area contributed by atoms with Crippen LogP contribution < -0.4 is 5.32 Å². The van der Waals surface area contributed by atoms with Gasteiger partial charge in [0.2, 0.25) is 15.9 Å². The number of sulfonamides is 1. The quantitative estimate of drug-likeness (QED) is 0.522. The molecule has 0 fully saturated rings. The second-order valence-electron chi connectivity index (χ2n) is 7.81. The summed E-state index contributed by atoms with van der Waals surface area (Å²) in [6, 6.07) is 14.9. The van der Waals surface area contributed by atoms with Gasteiger partial charge in [0.05, 0.1) is 11.4 Å². The summed E-state index contributed by atoms with van der Waals surface area (Å²) in [5.41, 5.74) is 2.24. The molecule has 0 saturated heterocycles. The van der Waals surface area contributed by atoms with Crippen molar-refractivity contribution in [3.63, 3.8) is 0 Å². The number of hydrogen-bond donors (Lipinski definition) is 1. The third kappa shape index (κ3) is 6.40. The molecule has 2 aromatic rings. The summed E-state index contributed by atoms with van der Waals surface area (Å²) < 4.78 is 27.3. The van der Waals surface area contributed by atoms with E-state index in [-0.39, 0.29) is 17.3 Å². The first-order valence-corrected chi connectivity index (χ1v) is 12.8. The molecule has 1 heterocycles. The zero-order valence-corrected chi connectivity index (χ0v) is 20.8. The molecule has 0 aromatic heterocycles. The number of halogens is 1. The Bertz CT molecular complexity index is 1070. The smallest absolute Gasteiger partial charge is 0.242 e. The number of likely N-dealkylation sites (N-methyl/N-ethyl adjacent to an activating group) is 1. The van der Waals surface area contributed by atoms with E-state index in [1.807, 2.05) is 0 Å². The van der Waals surface area contributed by atoms with E-state index in [1.54, 1.807) is 43.3 Å². The van der Waals surface area contributed by atoms with Crippen LogP contribution in [0.15, 0.2) is 62.9 Å². The van der Waals surface area contributed by atoms with Crippen molar-refractivity contribution in [2.24, 2.45) is 4.99 Å². The Morgan fingerprint density at radius 1 is 1.12 bits per heavy atom. The van der Waals surface area contributed by atoms with Crippen LogP contribution in [0.1, 0.15) is 24.0 Å². The van der Waals surface area contributed by atoms with E-state index in [4.69, 9.17) is 0 Å². The summed E-state index contributed by atoms with van der Waals surface area (Å²) >= 11 is 3.30. The fourth-order valence-electron chi connectivity index (χ4n) is 3.41. The van der Waals surface area contributed by atoms with Gasteiger partial charge in [0.15, 0.2) is 0 Å². The van der Waals surface area contributed by atoms with Crippen molar-refractivity contribution in [3.05, 3.63) is 64.1 Å². The van der Waals surface area contributed by atoms with Crippen LogP contribution in [-0.4, -0.2) is 69.6 Å². The Morgan fingerprint density at radius 3 is 2.53 bits per heavy atom. The summed E-state index contributed by atoms with van der Waals surface area (Å²) in [5, 5.41) is 3.26. The standard InChI is InChI=1S/C23H29BrN4O3S/c1-27(16-12-18-8-10-19(11-9-18)23-25-13-14-26-23)22(29)7-4-15-28(2)32(30,31)21-6-3-5-20(24)17-21/h3,5-6,8-11,17H,4,7,12-16H2,1-2H3,(H,25,26). The van der Waals surface area contributed by atoms with Crippen LogP contribution in [0.5, 0.6) is 0 Å². The summed E-state index contributed by atoms with van der Waals surface area (Å²) in [7, 11) is -0.240. The third-order valence-corrected chi connectivity index (χ3v) is 7.78. The van der Waals surface area contributed by atoms with E-state index in [2.05, 4.69) is 50.5 Å². The van der Waals surface area contributed by atoms with Gasteiger partial charge in [-0.3, -0.25) is 9.79 Å². The lowest BCUT2D eigenvalue weighted by molar-refractivity contribution is -0.130. The number of nitrogens with zero attached hydrogens (tertiary/aromatic N) is 3. The highest BCUT2D eigenvalue weighted by atomic mass is 79.9. The Morgan fingerprint density at radius 2 is 1.88 bits per heavy atom. The zero-order valence-electron chi connectivity index (χ0n) is 18.4. The minimum absolute atomic E-state index is 0.0133. The molecular weight excluding hydrogens is 492 g/mol. The molecule has 0 saturated carbocycles. The molecule has 3 rings (SSSR count). The lowest BCUT2D eigenvalue weighted by atomic mass is 10.1. The number of carbonyl (C=O) groups is 1. The lowest BCUT2D eigenvalue weighted by Gasteiger charge is -2.20. The Balaban J connectivity index is 1.42. The minimum Gasteiger partial charge on any atom is -0.368 e. The Kier molecular flexibility index (Phi) is 8.44. The molecular formula is C23H29BrN4O3S. The normalized spacial score (nSPS) is 13.7. The molecule has 0 radical (unpaired) electrons. The molecule has 0 atom stereocenters. The molecule has 1 amide bonds. The van der Waals surface area contributed by atoms with Crippen LogP contribution in [0.2, 0.25) is 0 Å². The number of amidine groups is 1. The van der Waals surface area contributed by atoms with Crippen LogP contribution >= 0.6 is 15.9 Å². The molecule has 7 nitrogen and oxygen atoms in total. The van der Waals surface area contributed by atoms with Crippen LogP contribution in [0, 0.1) is 0 Å². The van der Waals surface area contributed by atoms with Crippen LogP contribution in [0.25, 0.3) is 0 Å². The van der Waals surface area contributed by atoms with Crippen LogP contribution in [-0.2, 0) is 21.2 Å². The largest absolute Gasteiger partial charge is 0.368 e. The lowest BCUT2D eigenvalue weighted by Crippen LogP contribution is -2.31. The molecule has 32 heavy (non-hydrogen) atoms. The highest BCUT2D eigenvalue weighted by molar-refractivity contribution is 9.10. The Labute approximate surface area is 198 Å². The summed E-state index contributed by atoms with van der Waals surface area (Å²) in [6.07, 6.45) is 1.54. The molecule has 1 N–H and O–H groups in total. The fraction of sp³-hybridized carbons (Fsp3) is 0.391. The average molecular weight is 521 g/mol. The van der Waals surface area contributed by atoms with Gasteiger partial charge in [-0.15, -0.1) is 0 Å². The number of rotatable bonds is 10. The number of amides is 1. The van der Waals surface area contributed by atoms with E-state index in [0.29, 0.717) is 23.9 Å². The van der Waals surface area contributed by atoms with E-state index in [9.17, 15) is 13.2 Å². The topological polar surface area (TPSA) is 82.1 Å². The second kappa shape index (κ2) is 11.1. The maximum atomic E-state index is 12.7. The predicted molar refractivity (Wildman–Crippen MR) is 130 cm³/mol. The van der Waals surface area contributed by atoms with E-state index in [1.165, 1.54) is 4.31 Å². The van der Waals surface area contributed by atoms with Gasteiger partial charge in [-0.05, 0) is 36.6 Å². The summed E-state index contributed by atoms with van der Waals surface area (Å²) in [6.45, 7) is 2.60. The maximum Gasteiger partial charge on any atom is 0.242 e. The Hall–Kier alpha value is -2.23. The molecule has 2 aromatic carbocycles. The number of benzene rings is 2. The van der Waals surface area contributed by atoms with Crippen molar-refractivity contribution < 1.29 is 13.2 Å². The number of nitrogens with one attached hydrogen (secondary N) is 1. The molecule has 9 heteroatoms. The highest BCUT2D eigenvalue weighted by Crippen LogP contribution is 2.19. The van der Waals surface area contributed by atoms with Crippen molar-refractivity contribution in [2.75, 3.05) is 40.3 Å². The number of hydrogen-bond acceptors (Lipinski definition) is 5. The van der Waals surface area contributed by atoms with Crippen LogP contribution in [0.3, 0.4) is 0 Å². The average Bonchev–Trinajstić information content (AvgIpc) is 3.32. The van der Waals surface area contributed by atoms with Gasteiger partial charge in [0.1, 0.15) is 5.84 Å². The third-order valence-electron chi connectivity index (χ3n) is 5.43. The van der Waals surface area contributed by atoms with E-state index in [0.717, 1.165) is 36.5 Å². The van der Waals surface area contributed by atoms with Gasteiger partial charge in [-0.1, -0.05) is 46.3 Å². The van der Waals surface area contributed by atoms with Crippen molar-refractivity contribution in [2.45, 2.75) is 24.2 Å². The molecule has 0 aliphatic carbocycles. The van der Waals surface area contributed by atoms with E-state index >= 15 is 0 Å². The SMILES string of the molecule is CN(CCc1ccc(C2=NCCN2)cc1)C(=O)CCCN(C)S(=O)(=O)c1cccc(Br)c1. The molecule has 0 bridgehead atoms. The minimum atomic E-state index is -3.57. The molecule has 0 spiro atoms. The molecule has 172 valence electrons. The van der Waals surface area contributed by atoms with Crippen molar-refractivity contribution in [3.8, 4) is 0 Å². The van der Waals surface area contributed by atoms with Gasteiger partial charge in [-0.25, -0.2) is 12.7 Å². The first-order valence-electron chi connectivity index (χ1n) is 10.6.